The number of carbonyl (C=O) groups excluding carboxylic acids is 2. The molecule has 0 radical (unpaired) electrons. The molecule has 3 rings (SSSR count). The van der Waals surface area contributed by atoms with Crippen LogP contribution in [-0.2, 0) is 9.59 Å². The monoisotopic (exact) mass is 399 g/mol. The van der Waals surface area contributed by atoms with E-state index in [1.165, 1.54) is 36.4 Å². The quantitative estimate of drug-likeness (QED) is 0.523. The van der Waals surface area contributed by atoms with Crippen molar-refractivity contribution in [1.82, 2.24) is 5.32 Å². The van der Waals surface area contributed by atoms with E-state index >= 15 is 0 Å². The molecule has 150 valence electrons. The van der Waals surface area contributed by atoms with Gasteiger partial charge in [-0.25, -0.2) is 4.39 Å². The number of hydrogen-bond donors (Lipinski definition) is 2. The predicted octanol–water partition coefficient (Wildman–Crippen LogP) is 2.80. The first-order valence-corrected chi connectivity index (χ1v) is 8.87. The molecular formula is C21H18FNO6. The largest absolute Gasteiger partial charge is 0.484 e. The normalized spacial score (nSPS) is 13.7. The standard InChI is InChI=1S/C21H18FNO6/c22-14-5-3-13(4-6-14)10-18-21(27)16-8-7-15(11-17(16)29-18)28-12-19(24)23-9-1-2-20(25)26/h3-8,10-11H,1-2,9,12H2,(H,23,24)(H,25,26). The van der Waals surface area contributed by atoms with Crippen LogP contribution in [0, 0.1) is 5.82 Å². The average molecular weight is 399 g/mol. The summed E-state index contributed by atoms with van der Waals surface area (Å²) < 4.78 is 24.0. The molecule has 0 spiro atoms. The number of benzene rings is 2. The van der Waals surface area contributed by atoms with E-state index in [0.717, 1.165) is 0 Å². The minimum Gasteiger partial charge on any atom is -0.484 e. The molecule has 29 heavy (non-hydrogen) atoms. The molecule has 0 atom stereocenters. The lowest BCUT2D eigenvalue weighted by molar-refractivity contribution is -0.137. The Balaban J connectivity index is 1.57. The van der Waals surface area contributed by atoms with Crippen LogP contribution in [-0.4, -0.2) is 35.9 Å². The van der Waals surface area contributed by atoms with Gasteiger partial charge in [0.05, 0.1) is 5.56 Å². The van der Waals surface area contributed by atoms with Crippen LogP contribution in [0.1, 0.15) is 28.8 Å². The molecule has 0 fully saturated rings. The smallest absolute Gasteiger partial charge is 0.303 e. The van der Waals surface area contributed by atoms with Crippen molar-refractivity contribution in [3.63, 3.8) is 0 Å². The summed E-state index contributed by atoms with van der Waals surface area (Å²) in [6.45, 7) is -0.00802. The Kier molecular flexibility index (Phi) is 6.23. The molecule has 0 bridgehead atoms. The Bertz CT molecular complexity index is 968. The molecule has 8 heteroatoms. The molecular weight excluding hydrogens is 381 g/mol. The number of carbonyl (C=O) groups is 3. The predicted molar refractivity (Wildman–Crippen MR) is 101 cm³/mol. The van der Waals surface area contributed by atoms with Gasteiger partial charge < -0.3 is 19.9 Å². The number of allylic oxidation sites excluding steroid dienone is 1. The van der Waals surface area contributed by atoms with E-state index in [4.69, 9.17) is 14.6 Å². The number of rotatable bonds is 8. The lowest BCUT2D eigenvalue weighted by Gasteiger charge is -2.08. The van der Waals surface area contributed by atoms with Crippen molar-refractivity contribution in [2.45, 2.75) is 12.8 Å². The second-order valence-electron chi connectivity index (χ2n) is 6.29. The lowest BCUT2D eigenvalue weighted by atomic mass is 10.1. The molecule has 2 aromatic rings. The Hall–Kier alpha value is -3.68. The zero-order valence-corrected chi connectivity index (χ0v) is 15.3. The van der Waals surface area contributed by atoms with E-state index in [1.54, 1.807) is 12.1 Å². The number of aliphatic carboxylic acids is 1. The maximum Gasteiger partial charge on any atom is 0.303 e. The molecule has 7 nitrogen and oxygen atoms in total. The van der Waals surface area contributed by atoms with E-state index in [0.29, 0.717) is 29.0 Å². The van der Waals surface area contributed by atoms with Crippen molar-refractivity contribution in [2.24, 2.45) is 0 Å². The van der Waals surface area contributed by atoms with E-state index in [2.05, 4.69) is 5.32 Å². The number of carboxylic acids is 1. The Morgan fingerprint density at radius 1 is 1.17 bits per heavy atom. The van der Waals surface area contributed by atoms with Gasteiger partial charge in [0.2, 0.25) is 5.78 Å². The third-order valence-corrected chi connectivity index (χ3v) is 4.07. The van der Waals surface area contributed by atoms with Gasteiger partial charge in [0, 0.05) is 19.0 Å². The number of halogens is 1. The van der Waals surface area contributed by atoms with Gasteiger partial charge >= 0.3 is 5.97 Å². The highest BCUT2D eigenvalue weighted by atomic mass is 19.1. The highest BCUT2D eigenvalue weighted by Crippen LogP contribution is 2.34. The van der Waals surface area contributed by atoms with Gasteiger partial charge in [0.25, 0.3) is 5.91 Å². The van der Waals surface area contributed by atoms with Crippen molar-refractivity contribution in [1.29, 1.82) is 0 Å². The zero-order valence-electron chi connectivity index (χ0n) is 15.3. The summed E-state index contributed by atoms with van der Waals surface area (Å²) in [5.41, 5.74) is 0.988. The molecule has 2 aromatic carbocycles. The van der Waals surface area contributed by atoms with Crippen LogP contribution < -0.4 is 14.8 Å². The van der Waals surface area contributed by atoms with Gasteiger partial charge in [-0.05, 0) is 42.3 Å². The van der Waals surface area contributed by atoms with E-state index < -0.39 is 5.97 Å². The Morgan fingerprint density at radius 3 is 2.66 bits per heavy atom. The highest BCUT2D eigenvalue weighted by molar-refractivity contribution is 6.14. The Labute approximate surface area is 165 Å². The first kappa shape index (κ1) is 20.1. The molecule has 0 aliphatic carbocycles. The van der Waals surface area contributed by atoms with Crippen molar-refractivity contribution in [3.8, 4) is 11.5 Å². The van der Waals surface area contributed by atoms with Crippen LogP contribution >= 0.6 is 0 Å². The molecule has 1 aliphatic heterocycles. The number of fused-ring (bicyclic) bond motifs is 1. The number of carboxylic acid groups (broad SMARTS) is 1. The first-order chi connectivity index (χ1) is 13.9. The molecule has 1 aliphatic rings. The highest BCUT2D eigenvalue weighted by Gasteiger charge is 2.27. The fourth-order valence-corrected chi connectivity index (χ4v) is 2.63. The SMILES string of the molecule is O=C(O)CCCNC(=O)COc1ccc2c(c1)OC(=Cc1ccc(F)cc1)C2=O. The topological polar surface area (TPSA) is 102 Å². The number of amides is 1. The molecule has 1 heterocycles. The van der Waals surface area contributed by atoms with Crippen LogP contribution in [0.15, 0.2) is 48.2 Å². The summed E-state index contributed by atoms with van der Waals surface area (Å²) in [5.74, 6) is -1.21. The van der Waals surface area contributed by atoms with Crippen LogP contribution in [0.5, 0.6) is 11.5 Å². The third kappa shape index (κ3) is 5.41. The fourth-order valence-electron chi connectivity index (χ4n) is 2.63. The lowest BCUT2D eigenvalue weighted by Crippen LogP contribution is -2.29. The number of Topliss-reactive ketones (excluding diaryl/α,β-unsaturated/α-hetero) is 1. The van der Waals surface area contributed by atoms with Crippen LogP contribution in [0.25, 0.3) is 6.08 Å². The molecule has 0 saturated carbocycles. The van der Waals surface area contributed by atoms with E-state index in [-0.39, 0.29) is 42.8 Å². The number of nitrogens with one attached hydrogen (secondary N) is 1. The van der Waals surface area contributed by atoms with Gasteiger partial charge in [0.15, 0.2) is 12.4 Å². The molecule has 0 unspecified atom stereocenters. The van der Waals surface area contributed by atoms with Gasteiger partial charge in [0.1, 0.15) is 17.3 Å². The fraction of sp³-hybridized carbons (Fsp3) is 0.190. The Morgan fingerprint density at radius 2 is 1.93 bits per heavy atom. The summed E-state index contributed by atoms with van der Waals surface area (Å²) in [6, 6.07) is 10.3. The third-order valence-electron chi connectivity index (χ3n) is 4.07. The maximum absolute atomic E-state index is 13.0. The van der Waals surface area contributed by atoms with Crippen LogP contribution in [0.3, 0.4) is 0 Å². The summed E-state index contributed by atoms with van der Waals surface area (Å²) in [6.07, 6.45) is 1.83. The summed E-state index contributed by atoms with van der Waals surface area (Å²) >= 11 is 0. The molecule has 2 N–H and O–H groups in total. The molecule has 1 amide bonds. The van der Waals surface area contributed by atoms with Crippen LogP contribution in [0.4, 0.5) is 4.39 Å². The van der Waals surface area contributed by atoms with Crippen molar-refractivity contribution in [2.75, 3.05) is 13.2 Å². The summed E-state index contributed by atoms with van der Waals surface area (Å²) in [4.78, 5) is 34.6. The van der Waals surface area contributed by atoms with Gasteiger partial charge in [-0.3, -0.25) is 14.4 Å². The second-order valence-corrected chi connectivity index (χ2v) is 6.29. The number of ether oxygens (including phenoxy) is 2. The van der Waals surface area contributed by atoms with E-state index in [1.807, 2.05) is 0 Å². The van der Waals surface area contributed by atoms with Gasteiger partial charge in [-0.2, -0.15) is 0 Å². The molecule has 0 saturated heterocycles. The van der Waals surface area contributed by atoms with E-state index in [9.17, 15) is 18.8 Å². The summed E-state index contributed by atoms with van der Waals surface area (Å²) in [5, 5.41) is 11.1. The zero-order chi connectivity index (χ0) is 20.8. The van der Waals surface area contributed by atoms with Crippen LogP contribution in [0.2, 0.25) is 0 Å². The average Bonchev–Trinajstić information content (AvgIpc) is 3.00. The molecule has 0 aromatic heterocycles. The first-order valence-electron chi connectivity index (χ1n) is 8.87. The van der Waals surface area contributed by atoms with Crippen molar-refractivity contribution in [3.05, 3.63) is 65.2 Å². The summed E-state index contributed by atoms with van der Waals surface area (Å²) in [7, 11) is 0. The van der Waals surface area contributed by atoms with Gasteiger partial charge in [-0.1, -0.05) is 12.1 Å². The van der Waals surface area contributed by atoms with Crippen molar-refractivity contribution < 1.29 is 33.4 Å². The second kappa shape index (κ2) is 9.01. The van der Waals surface area contributed by atoms with Gasteiger partial charge in [-0.15, -0.1) is 0 Å². The van der Waals surface area contributed by atoms with Crippen molar-refractivity contribution >= 4 is 23.7 Å². The number of ketones is 1. The minimum atomic E-state index is -0.920. The number of hydrogen-bond acceptors (Lipinski definition) is 5. The maximum atomic E-state index is 13.0. The minimum absolute atomic E-state index is 0.0227.